The van der Waals surface area contributed by atoms with E-state index in [2.05, 4.69) is 19.9 Å². The second kappa shape index (κ2) is 6.92. The molecule has 2 aliphatic heterocycles. The monoisotopic (exact) mass is 344 g/mol. The normalized spacial score (nSPS) is 26.1. The largest absolute Gasteiger partial charge is 0.475 e. The molecule has 2 fully saturated rings. The number of nitrogens with zero attached hydrogens (tertiary/aromatic N) is 4. The Morgan fingerprint density at radius 3 is 2.92 bits per heavy atom. The Balaban J connectivity index is 1.55. The Kier molecular flexibility index (Phi) is 4.48. The maximum absolute atomic E-state index is 13.9. The molecule has 0 spiro atoms. The summed E-state index contributed by atoms with van der Waals surface area (Å²) in [6.45, 7) is 2.71. The fourth-order valence-electron chi connectivity index (χ4n) is 3.82. The fourth-order valence-corrected chi connectivity index (χ4v) is 3.82. The number of halogens is 1. The third-order valence-electron chi connectivity index (χ3n) is 5.04. The molecule has 0 aromatic carbocycles. The van der Waals surface area contributed by atoms with E-state index in [1.807, 2.05) is 6.07 Å². The summed E-state index contributed by atoms with van der Waals surface area (Å²) in [6, 6.07) is 4.73. The molecule has 2 atom stereocenters. The van der Waals surface area contributed by atoms with Crippen LogP contribution in [0.3, 0.4) is 0 Å². The van der Waals surface area contributed by atoms with Gasteiger partial charge in [-0.05, 0) is 37.5 Å². The van der Waals surface area contributed by atoms with Gasteiger partial charge in [-0.3, -0.25) is 0 Å². The molecular formula is C18H21FN4O2. The summed E-state index contributed by atoms with van der Waals surface area (Å²) in [6.07, 6.45) is 7.95. The predicted molar refractivity (Wildman–Crippen MR) is 90.0 cm³/mol. The van der Waals surface area contributed by atoms with Gasteiger partial charge in [0.1, 0.15) is 0 Å². The number of ether oxygens (including phenoxy) is 2. The highest BCUT2D eigenvalue weighted by Crippen LogP contribution is 2.41. The molecule has 2 unspecified atom stereocenters. The maximum atomic E-state index is 13.9. The van der Waals surface area contributed by atoms with E-state index in [1.165, 1.54) is 12.3 Å². The smallest absolute Gasteiger partial charge is 0.250 e. The lowest BCUT2D eigenvalue weighted by atomic mass is 9.73. The van der Waals surface area contributed by atoms with Gasteiger partial charge in [-0.1, -0.05) is 0 Å². The van der Waals surface area contributed by atoms with Crippen LogP contribution in [-0.2, 0) is 4.74 Å². The van der Waals surface area contributed by atoms with Gasteiger partial charge in [0, 0.05) is 43.7 Å². The standard InChI is InChI=1S/C18H21FN4O2/c19-14-4-1-7-20-16(14)25-13-18-6-2-11-24-15(18)5-10-23(12-18)17-21-8-3-9-22-17/h1,3-4,7-9,15H,2,5-6,10-13H2. The van der Waals surface area contributed by atoms with Gasteiger partial charge in [0.15, 0.2) is 5.82 Å². The summed E-state index contributed by atoms with van der Waals surface area (Å²) in [7, 11) is 0. The van der Waals surface area contributed by atoms with Crippen molar-refractivity contribution < 1.29 is 13.9 Å². The van der Waals surface area contributed by atoms with Crippen molar-refractivity contribution in [2.75, 3.05) is 31.2 Å². The van der Waals surface area contributed by atoms with E-state index in [0.29, 0.717) is 6.61 Å². The molecule has 0 aliphatic carbocycles. The molecule has 2 saturated heterocycles. The molecule has 2 aromatic heterocycles. The first kappa shape index (κ1) is 16.2. The highest BCUT2D eigenvalue weighted by atomic mass is 19.1. The summed E-state index contributed by atoms with van der Waals surface area (Å²) in [5, 5.41) is 0. The molecule has 0 bridgehead atoms. The molecular weight excluding hydrogens is 323 g/mol. The van der Waals surface area contributed by atoms with Gasteiger partial charge < -0.3 is 14.4 Å². The minimum atomic E-state index is -0.439. The molecule has 0 amide bonds. The molecule has 7 heteroatoms. The van der Waals surface area contributed by atoms with Crippen LogP contribution in [0, 0.1) is 11.2 Å². The lowest BCUT2D eigenvalue weighted by Gasteiger charge is -2.50. The van der Waals surface area contributed by atoms with Crippen molar-refractivity contribution >= 4 is 5.95 Å². The van der Waals surface area contributed by atoms with E-state index in [1.54, 1.807) is 18.5 Å². The zero-order valence-electron chi connectivity index (χ0n) is 14.0. The average Bonchev–Trinajstić information content (AvgIpc) is 2.67. The minimum absolute atomic E-state index is 0.0503. The van der Waals surface area contributed by atoms with Gasteiger partial charge in [-0.2, -0.15) is 0 Å². The van der Waals surface area contributed by atoms with Crippen LogP contribution < -0.4 is 9.64 Å². The first-order valence-corrected chi connectivity index (χ1v) is 8.64. The number of pyridine rings is 1. The maximum Gasteiger partial charge on any atom is 0.250 e. The van der Waals surface area contributed by atoms with Crippen LogP contribution in [0.5, 0.6) is 5.88 Å². The van der Waals surface area contributed by atoms with Crippen molar-refractivity contribution in [1.82, 2.24) is 15.0 Å². The molecule has 4 rings (SSSR count). The van der Waals surface area contributed by atoms with E-state index < -0.39 is 5.82 Å². The van der Waals surface area contributed by atoms with Gasteiger partial charge in [0.2, 0.25) is 11.8 Å². The summed E-state index contributed by atoms with van der Waals surface area (Å²) in [5.41, 5.74) is -0.209. The highest BCUT2D eigenvalue weighted by Gasteiger charge is 2.47. The van der Waals surface area contributed by atoms with Crippen LogP contribution in [-0.4, -0.2) is 47.4 Å². The lowest BCUT2D eigenvalue weighted by molar-refractivity contribution is -0.110. The van der Waals surface area contributed by atoms with Crippen LogP contribution in [0.4, 0.5) is 10.3 Å². The van der Waals surface area contributed by atoms with Crippen LogP contribution >= 0.6 is 0 Å². The Bertz CT molecular complexity index is 717. The summed E-state index contributed by atoms with van der Waals surface area (Å²) < 4.78 is 25.7. The van der Waals surface area contributed by atoms with Gasteiger partial charge in [-0.25, -0.2) is 19.3 Å². The first-order valence-electron chi connectivity index (χ1n) is 8.64. The second-order valence-electron chi connectivity index (χ2n) is 6.66. The van der Waals surface area contributed by atoms with Crippen LogP contribution in [0.15, 0.2) is 36.8 Å². The highest BCUT2D eigenvalue weighted by molar-refractivity contribution is 5.31. The molecule has 0 N–H and O–H groups in total. The number of aromatic nitrogens is 3. The molecule has 6 nitrogen and oxygen atoms in total. The van der Waals surface area contributed by atoms with Crippen LogP contribution in [0.1, 0.15) is 19.3 Å². The molecule has 0 saturated carbocycles. The van der Waals surface area contributed by atoms with Crippen molar-refractivity contribution in [3.8, 4) is 5.88 Å². The van der Waals surface area contributed by atoms with Crippen molar-refractivity contribution in [3.05, 3.63) is 42.6 Å². The van der Waals surface area contributed by atoms with Crippen LogP contribution in [0.25, 0.3) is 0 Å². The van der Waals surface area contributed by atoms with Crippen molar-refractivity contribution in [3.63, 3.8) is 0 Å². The zero-order valence-corrected chi connectivity index (χ0v) is 14.0. The molecule has 25 heavy (non-hydrogen) atoms. The Morgan fingerprint density at radius 2 is 2.08 bits per heavy atom. The summed E-state index contributed by atoms with van der Waals surface area (Å²) >= 11 is 0. The van der Waals surface area contributed by atoms with Crippen molar-refractivity contribution in [1.29, 1.82) is 0 Å². The predicted octanol–water partition coefficient (Wildman–Crippen LogP) is 2.47. The molecule has 2 aromatic rings. The van der Waals surface area contributed by atoms with Gasteiger partial charge >= 0.3 is 0 Å². The summed E-state index contributed by atoms with van der Waals surface area (Å²) in [5.74, 6) is 0.329. The Labute approximate surface area is 146 Å². The quantitative estimate of drug-likeness (QED) is 0.849. The molecule has 4 heterocycles. The number of hydrogen-bond donors (Lipinski definition) is 0. The topological polar surface area (TPSA) is 60.4 Å². The summed E-state index contributed by atoms with van der Waals surface area (Å²) in [4.78, 5) is 14.9. The van der Waals surface area contributed by atoms with E-state index in [4.69, 9.17) is 9.47 Å². The number of hydrogen-bond acceptors (Lipinski definition) is 6. The average molecular weight is 344 g/mol. The van der Waals surface area contributed by atoms with E-state index in [9.17, 15) is 4.39 Å². The third kappa shape index (κ3) is 3.28. The molecule has 0 radical (unpaired) electrons. The number of rotatable bonds is 4. The molecule has 132 valence electrons. The van der Waals surface area contributed by atoms with Gasteiger partial charge in [-0.15, -0.1) is 0 Å². The van der Waals surface area contributed by atoms with E-state index in [-0.39, 0.29) is 17.4 Å². The van der Waals surface area contributed by atoms with Gasteiger partial charge in [0.25, 0.3) is 0 Å². The number of anilines is 1. The Hall–Kier alpha value is -2.28. The SMILES string of the molecule is Fc1cccnc1OCC12CCCOC1CCN(c1ncccn1)C2. The number of fused-ring (bicyclic) bond motifs is 1. The molecule has 2 aliphatic rings. The Morgan fingerprint density at radius 1 is 1.24 bits per heavy atom. The third-order valence-corrected chi connectivity index (χ3v) is 5.04. The second-order valence-corrected chi connectivity index (χ2v) is 6.66. The zero-order chi connectivity index (χ0) is 17.1. The van der Waals surface area contributed by atoms with Crippen LogP contribution in [0.2, 0.25) is 0 Å². The van der Waals surface area contributed by atoms with E-state index >= 15 is 0 Å². The lowest BCUT2D eigenvalue weighted by Crippen LogP contribution is -2.57. The minimum Gasteiger partial charge on any atom is -0.475 e. The van der Waals surface area contributed by atoms with Crippen molar-refractivity contribution in [2.45, 2.75) is 25.4 Å². The van der Waals surface area contributed by atoms with Crippen molar-refractivity contribution in [2.24, 2.45) is 5.41 Å². The van der Waals surface area contributed by atoms with Gasteiger partial charge in [0.05, 0.1) is 12.7 Å². The number of piperidine rings is 1. The van der Waals surface area contributed by atoms with E-state index in [0.717, 1.165) is 44.9 Å². The first-order chi connectivity index (χ1) is 12.3. The fraction of sp³-hybridized carbons (Fsp3) is 0.500.